The van der Waals surface area contributed by atoms with Crippen LogP contribution in [0.5, 0.6) is 0 Å². The molecule has 0 nitrogen and oxygen atoms in total. The van der Waals surface area contributed by atoms with Crippen molar-refractivity contribution in [2.24, 2.45) is 11.3 Å². The lowest BCUT2D eigenvalue weighted by Crippen LogP contribution is -2.23. The highest BCUT2D eigenvalue weighted by Gasteiger charge is 2.42. The average Bonchev–Trinajstić information content (AvgIpc) is 2.46. The van der Waals surface area contributed by atoms with Gasteiger partial charge in [-0.3, -0.25) is 0 Å². The van der Waals surface area contributed by atoms with Crippen molar-refractivity contribution in [1.82, 2.24) is 0 Å². The minimum absolute atomic E-state index is 0.601. The first-order chi connectivity index (χ1) is 4.74. The van der Waals surface area contributed by atoms with Crippen LogP contribution in [0.15, 0.2) is 11.6 Å². The fourth-order valence-electron chi connectivity index (χ4n) is 2.29. The predicted octanol–water partition coefficient (Wildman–Crippen LogP) is 3.13. The van der Waals surface area contributed by atoms with Crippen LogP contribution in [-0.2, 0) is 0 Å². The molecule has 2 atom stereocenters. The van der Waals surface area contributed by atoms with Crippen molar-refractivity contribution in [3.63, 3.8) is 0 Å². The standard InChI is InChI=1S/C9H13Br/c1-9(6-10)5-7-2-3-8(9)4-7/h2,8H,3-6H2,1H3. The Bertz CT molecular complexity index is 183. The topological polar surface area (TPSA) is 0 Å². The molecular weight excluding hydrogens is 188 g/mol. The van der Waals surface area contributed by atoms with Gasteiger partial charge < -0.3 is 0 Å². The summed E-state index contributed by atoms with van der Waals surface area (Å²) >= 11 is 3.61. The van der Waals surface area contributed by atoms with Gasteiger partial charge in [0.05, 0.1) is 0 Å². The van der Waals surface area contributed by atoms with Crippen LogP contribution in [0.4, 0.5) is 0 Å². The largest absolute Gasteiger partial charge is 0.0922 e. The van der Waals surface area contributed by atoms with Crippen molar-refractivity contribution >= 4 is 15.9 Å². The molecular formula is C9H13Br. The second-order valence-corrected chi connectivity index (χ2v) is 4.52. The molecule has 56 valence electrons. The van der Waals surface area contributed by atoms with E-state index in [1.54, 1.807) is 5.57 Å². The van der Waals surface area contributed by atoms with Crippen LogP contribution >= 0.6 is 15.9 Å². The second-order valence-electron chi connectivity index (χ2n) is 3.96. The molecule has 2 unspecified atom stereocenters. The van der Waals surface area contributed by atoms with E-state index in [4.69, 9.17) is 0 Å². The summed E-state index contributed by atoms with van der Waals surface area (Å²) in [5.74, 6) is 0.960. The van der Waals surface area contributed by atoms with Crippen LogP contribution in [0.25, 0.3) is 0 Å². The van der Waals surface area contributed by atoms with Gasteiger partial charge in [-0.05, 0) is 30.6 Å². The highest BCUT2D eigenvalue weighted by atomic mass is 79.9. The molecule has 2 aliphatic carbocycles. The fourth-order valence-corrected chi connectivity index (χ4v) is 2.94. The van der Waals surface area contributed by atoms with Crippen LogP contribution in [0.1, 0.15) is 26.2 Å². The van der Waals surface area contributed by atoms with Gasteiger partial charge in [0.1, 0.15) is 0 Å². The Balaban J connectivity index is 2.23. The first-order valence-corrected chi connectivity index (χ1v) is 5.11. The second kappa shape index (κ2) is 2.10. The summed E-state index contributed by atoms with van der Waals surface area (Å²) in [6.45, 7) is 2.41. The smallest absolute Gasteiger partial charge is 0.00912 e. The Labute approximate surface area is 70.8 Å². The zero-order chi connectivity index (χ0) is 7.19. The molecule has 2 bridgehead atoms. The maximum atomic E-state index is 3.61. The normalized spacial score (nSPS) is 44.2. The van der Waals surface area contributed by atoms with Gasteiger partial charge in [-0.1, -0.05) is 34.5 Å². The van der Waals surface area contributed by atoms with E-state index in [0.717, 1.165) is 5.92 Å². The van der Waals surface area contributed by atoms with Gasteiger partial charge in [-0.25, -0.2) is 0 Å². The molecule has 0 aromatic rings. The Morgan fingerprint density at radius 1 is 1.80 bits per heavy atom. The van der Waals surface area contributed by atoms with Crippen LogP contribution in [-0.4, -0.2) is 5.33 Å². The Morgan fingerprint density at radius 3 is 2.90 bits per heavy atom. The number of alkyl halides is 1. The molecule has 0 N–H and O–H groups in total. The number of hydrogen-bond acceptors (Lipinski definition) is 0. The average molecular weight is 201 g/mol. The molecule has 1 heteroatoms. The molecule has 0 aromatic heterocycles. The third-order valence-corrected chi connectivity index (χ3v) is 4.40. The molecule has 0 aromatic carbocycles. The summed E-state index contributed by atoms with van der Waals surface area (Å²) < 4.78 is 0. The minimum atomic E-state index is 0.601. The summed E-state index contributed by atoms with van der Waals surface area (Å²) in [4.78, 5) is 0. The molecule has 1 fully saturated rings. The maximum Gasteiger partial charge on any atom is 0.00912 e. The predicted molar refractivity (Wildman–Crippen MR) is 47.3 cm³/mol. The van der Waals surface area contributed by atoms with Crippen LogP contribution in [0.3, 0.4) is 0 Å². The van der Waals surface area contributed by atoms with Crippen molar-refractivity contribution in [3.05, 3.63) is 11.6 Å². The van der Waals surface area contributed by atoms with Crippen molar-refractivity contribution < 1.29 is 0 Å². The van der Waals surface area contributed by atoms with Gasteiger partial charge >= 0.3 is 0 Å². The van der Waals surface area contributed by atoms with Crippen molar-refractivity contribution in [3.8, 4) is 0 Å². The van der Waals surface area contributed by atoms with E-state index in [1.807, 2.05) is 0 Å². The van der Waals surface area contributed by atoms with Crippen LogP contribution in [0.2, 0.25) is 0 Å². The van der Waals surface area contributed by atoms with E-state index in [9.17, 15) is 0 Å². The third kappa shape index (κ3) is 0.795. The SMILES string of the molecule is CC1(CBr)CC2=CCC1C2. The molecule has 0 saturated heterocycles. The van der Waals surface area contributed by atoms with Crippen molar-refractivity contribution in [1.29, 1.82) is 0 Å². The van der Waals surface area contributed by atoms with Gasteiger partial charge in [0.25, 0.3) is 0 Å². The Morgan fingerprint density at radius 2 is 2.60 bits per heavy atom. The lowest BCUT2D eigenvalue weighted by molar-refractivity contribution is 0.269. The monoisotopic (exact) mass is 200 g/mol. The van der Waals surface area contributed by atoms with Crippen LogP contribution in [0, 0.1) is 11.3 Å². The lowest BCUT2D eigenvalue weighted by Gasteiger charge is -2.29. The Hall–Kier alpha value is 0.220. The van der Waals surface area contributed by atoms with E-state index < -0.39 is 0 Å². The quantitative estimate of drug-likeness (QED) is 0.451. The van der Waals surface area contributed by atoms with Gasteiger partial charge in [-0.15, -0.1) is 0 Å². The zero-order valence-corrected chi connectivity index (χ0v) is 7.95. The van der Waals surface area contributed by atoms with E-state index >= 15 is 0 Å². The molecule has 0 radical (unpaired) electrons. The van der Waals surface area contributed by atoms with Gasteiger partial charge in [0.15, 0.2) is 0 Å². The first-order valence-electron chi connectivity index (χ1n) is 3.98. The number of halogens is 1. The third-order valence-electron chi connectivity index (χ3n) is 3.12. The molecule has 2 rings (SSSR count). The van der Waals surface area contributed by atoms with Gasteiger partial charge in [-0.2, -0.15) is 0 Å². The zero-order valence-electron chi connectivity index (χ0n) is 6.36. The van der Waals surface area contributed by atoms with Gasteiger partial charge in [0, 0.05) is 5.33 Å². The van der Waals surface area contributed by atoms with E-state index in [2.05, 4.69) is 28.9 Å². The summed E-state index contributed by atoms with van der Waals surface area (Å²) in [5, 5.41) is 1.18. The summed E-state index contributed by atoms with van der Waals surface area (Å²) in [6, 6.07) is 0. The molecule has 0 heterocycles. The number of fused-ring (bicyclic) bond motifs is 2. The Kier molecular flexibility index (Phi) is 1.45. The lowest BCUT2D eigenvalue weighted by atomic mass is 9.79. The number of rotatable bonds is 1. The molecule has 10 heavy (non-hydrogen) atoms. The summed E-state index contributed by atoms with van der Waals surface area (Å²) in [7, 11) is 0. The van der Waals surface area contributed by atoms with Gasteiger partial charge in [0.2, 0.25) is 0 Å². The molecule has 1 saturated carbocycles. The van der Waals surface area contributed by atoms with E-state index in [1.165, 1.54) is 24.6 Å². The van der Waals surface area contributed by atoms with Crippen LogP contribution < -0.4 is 0 Å². The summed E-state index contributed by atoms with van der Waals surface area (Å²) in [6.07, 6.45) is 6.53. The van der Waals surface area contributed by atoms with Crippen molar-refractivity contribution in [2.45, 2.75) is 26.2 Å². The maximum absolute atomic E-state index is 3.61. The van der Waals surface area contributed by atoms with Crippen molar-refractivity contribution in [2.75, 3.05) is 5.33 Å². The minimum Gasteiger partial charge on any atom is -0.0922 e. The first kappa shape index (κ1) is 6.90. The van der Waals surface area contributed by atoms with E-state index in [-0.39, 0.29) is 0 Å². The number of allylic oxidation sites excluding steroid dienone is 2. The molecule has 0 amide bonds. The molecule has 2 aliphatic rings. The number of hydrogen-bond donors (Lipinski definition) is 0. The fraction of sp³-hybridized carbons (Fsp3) is 0.778. The molecule has 0 aliphatic heterocycles. The summed E-state index contributed by atoms with van der Waals surface area (Å²) in [5.41, 5.74) is 2.32. The highest BCUT2D eigenvalue weighted by molar-refractivity contribution is 9.09. The van der Waals surface area contributed by atoms with E-state index in [0.29, 0.717) is 5.41 Å². The molecule has 0 spiro atoms. The highest BCUT2D eigenvalue weighted by Crippen LogP contribution is 2.53.